The largest absolute Gasteiger partial charge is 0.756 e. The number of likely N-dealkylation sites (N-methyl/N-ethyl adjacent to an activating group) is 1. The van der Waals surface area contributed by atoms with Crippen LogP contribution >= 0.6 is 19.6 Å². The second-order valence-electron chi connectivity index (χ2n) is 15.9. The Bertz CT molecular complexity index is 1330. The predicted molar refractivity (Wildman–Crippen MR) is 241 cm³/mol. The highest BCUT2D eigenvalue weighted by molar-refractivity contribution is 8.00. The fraction of sp³-hybridized carbons (Fsp3) is 0.711. The lowest BCUT2D eigenvalue weighted by molar-refractivity contribution is -0.870. The maximum atomic E-state index is 13.2. The summed E-state index contributed by atoms with van der Waals surface area (Å²) in [4.78, 5) is 49.3. The number of ether oxygens (including phenoxy) is 2. The zero-order valence-corrected chi connectivity index (χ0v) is 39.0. The molecule has 15 heteroatoms. The maximum absolute atomic E-state index is 13.2. The number of carbonyl (C=O) groups excluding carboxylic acids is 2. The molecule has 346 valence electrons. The number of unbranched alkanes of at least 4 members (excludes halogenated alkanes) is 10. The number of aliphatic hydroxyl groups excluding tert-OH is 1. The number of rotatable bonds is 39. The van der Waals surface area contributed by atoms with Gasteiger partial charge in [0.2, 0.25) is 0 Å². The van der Waals surface area contributed by atoms with Gasteiger partial charge in [-0.25, -0.2) is 0 Å². The summed E-state index contributed by atoms with van der Waals surface area (Å²) in [6.45, 7) is 3.53. The molecule has 0 heterocycles. The SMILES string of the molecule is CCCC/C=C\CCCCCCCC(=O)OC[C@H](COP(=O)([O-])OCC[N+](C)(C)C)OC(=O)[C@@H](N)CS[C@H](/C=C/C=C/C=C\C/C=C\CCCCC)[C@@H](O)CCCC(=O)O. The molecule has 4 N–H and O–H groups in total. The molecule has 0 saturated heterocycles. The lowest BCUT2D eigenvalue weighted by atomic mass is 10.1. The topological polar surface area (TPSA) is 195 Å². The van der Waals surface area contributed by atoms with Crippen LogP contribution in [0.3, 0.4) is 0 Å². The molecule has 0 aliphatic carbocycles. The van der Waals surface area contributed by atoms with Crippen LogP contribution in [0.15, 0.2) is 60.8 Å². The van der Waals surface area contributed by atoms with E-state index in [4.69, 9.17) is 29.4 Å². The highest BCUT2D eigenvalue weighted by Gasteiger charge is 2.26. The fourth-order valence-corrected chi connectivity index (χ4v) is 7.21. The summed E-state index contributed by atoms with van der Waals surface area (Å²) < 4.78 is 33.9. The van der Waals surface area contributed by atoms with Crippen molar-refractivity contribution in [2.24, 2.45) is 5.73 Å². The molecule has 0 rings (SSSR count). The molecule has 0 bridgehead atoms. The third-order valence-electron chi connectivity index (χ3n) is 9.01. The van der Waals surface area contributed by atoms with Crippen LogP contribution in [0, 0.1) is 0 Å². The molecule has 1 unspecified atom stereocenters. The Morgan fingerprint density at radius 1 is 0.783 bits per heavy atom. The number of aliphatic carboxylic acids is 1. The Balaban J connectivity index is 5.38. The molecule has 0 radical (unpaired) electrons. The van der Waals surface area contributed by atoms with Gasteiger partial charge >= 0.3 is 17.9 Å². The summed E-state index contributed by atoms with van der Waals surface area (Å²) in [5.74, 6) is -2.34. The molecular weight excluding hydrogens is 808 g/mol. The molecule has 13 nitrogen and oxygen atoms in total. The number of hydrogen-bond acceptors (Lipinski definition) is 12. The van der Waals surface area contributed by atoms with Crippen molar-refractivity contribution in [2.45, 2.75) is 153 Å². The summed E-state index contributed by atoms with van der Waals surface area (Å²) >= 11 is 1.20. The number of carbonyl (C=O) groups is 3. The number of nitrogens with two attached hydrogens (primary N) is 1. The van der Waals surface area contributed by atoms with Crippen LogP contribution in [-0.2, 0) is 37.5 Å². The summed E-state index contributed by atoms with van der Waals surface area (Å²) in [6.07, 6.45) is 33.1. The summed E-state index contributed by atoms with van der Waals surface area (Å²) in [7, 11) is 0.852. The van der Waals surface area contributed by atoms with Gasteiger partial charge < -0.3 is 43.8 Å². The van der Waals surface area contributed by atoms with Crippen LogP contribution in [-0.4, -0.2) is 109 Å². The van der Waals surface area contributed by atoms with Crippen LogP contribution in [0.1, 0.15) is 129 Å². The van der Waals surface area contributed by atoms with Crippen LogP contribution in [0.4, 0.5) is 0 Å². The quantitative estimate of drug-likeness (QED) is 0.0133. The Kier molecular flexibility index (Phi) is 35.5. The number of thioether (sulfide) groups is 1. The number of esters is 2. The molecule has 0 aromatic carbocycles. The van der Waals surface area contributed by atoms with Gasteiger partial charge in [0.05, 0.1) is 33.9 Å². The van der Waals surface area contributed by atoms with Gasteiger partial charge in [-0.15, -0.1) is 11.8 Å². The van der Waals surface area contributed by atoms with Gasteiger partial charge in [0.1, 0.15) is 25.8 Å². The minimum absolute atomic E-state index is 0.00869. The first-order valence-corrected chi connectivity index (χ1v) is 24.4. The monoisotopic (exact) mass is 887 g/mol. The van der Waals surface area contributed by atoms with Crippen molar-refractivity contribution >= 4 is 37.5 Å². The van der Waals surface area contributed by atoms with Crippen molar-refractivity contribution in [1.82, 2.24) is 0 Å². The van der Waals surface area contributed by atoms with Gasteiger partial charge in [-0.1, -0.05) is 120 Å². The molecule has 0 aliphatic rings. The van der Waals surface area contributed by atoms with Gasteiger partial charge in [0.15, 0.2) is 6.10 Å². The molecule has 0 spiro atoms. The number of quaternary nitrogens is 1. The van der Waals surface area contributed by atoms with E-state index in [0.717, 1.165) is 51.4 Å². The van der Waals surface area contributed by atoms with Gasteiger partial charge in [-0.3, -0.25) is 18.9 Å². The Morgan fingerprint density at radius 3 is 2.10 bits per heavy atom. The van der Waals surface area contributed by atoms with Gasteiger partial charge in [-0.05, 0) is 57.8 Å². The van der Waals surface area contributed by atoms with E-state index >= 15 is 0 Å². The molecule has 0 saturated carbocycles. The zero-order valence-electron chi connectivity index (χ0n) is 37.3. The number of aliphatic hydroxyl groups is 1. The number of hydrogen-bond donors (Lipinski definition) is 3. The number of phosphoric acid groups is 1. The van der Waals surface area contributed by atoms with E-state index < -0.39 is 62.4 Å². The maximum Gasteiger partial charge on any atom is 0.324 e. The second-order valence-corrected chi connectivity index (χ2v) is 18.5. The molecule has 5 atom stereocenters. The Morgan fingerprint density at radius 2 is 1.42 bits per heavy atom. The lowest BCUT2D eigenvalue weighted by Crippen LogP contribution is -2.40. The fourth-order valence-electron chi connectivity index (χ4n) is 5.35. The Hall–Kier alpha value is -2.55. The minimum atomic E-state index is -4.79. The molecule has 60 heavy (non-hydrogen) atoms. The van der Waals surface area contributed by atoms with Crippen molar-refractivity contribution in [3.05, 3.63) is 60.8 Å². The van der Waals surface area contributed by atoms with Gasteiger partial charge in [0, 0.05) is 23.8 Å². The van der Waals surface area contributed by atoms with Crippen LogP contribution in [0.5, 0.6) is 0 Å². The van der Waals surface area contributed by atoms with Crippen molar-refractivity contribution in [1.29, 1.82) is 0 Å². The van der Waals surface area contributed by atoms with E-state index in [9.17, 15) is 28.9 Å². The first kappa shape index (κ1) is 57.4. The average molecular weight is 887 g/mol. The van der Waals surface area contributed by atoms with E-state index in [0.29, 0.717) is 17.4 Å². The summed E-state index contributed by atoms with van der Waals surface area (Å²) in [5, 5.41) is 19.5. The van der Waals surface area contributed by atoms with Crippen molar-refractivity contribution in [3.63, 3.8) is 0 Å². The lowest BCUT2D eigenvalue weighted by Gasteiger charge is -2.28. The van der Waals surface area contributed by atoms with E-state index in [1.165, 1.54) is 43.9 Å². The first-order chi connectivity index (χ1) is 28.6. The highest BCUT2D eigenvalue weighted by atomic mass is 32.2. The summed E-state index contributed by atoms with van der Waals surface area (Å²) in [6, 6.07) is -1.20. The minimum Gasteiger partial charge on any atom is -0.756 e. The number of nitrogens with zero attached hydrogens (tertiary/aromatic N) is 1. The average Bonchev–Trinajstić information content (AvgIpc) is 3.18. The molecule has 0 amide bonds. The van der Waals surface area contributed by atoms with E-state index in [2.05, 4.69) is 38.2 Å². The van der Waals surface area contributed by atoms with Gasteiger partial charge in [-0.2, -0.15) is 0 Å². The number of carboxylic acids is 1. The third kappa shape index (κ3) is 37.2. The smallest absolute Gasteiger partial charge is 0.324 e. The number of phosphoric ester groups is 1. The van der Waals surface area contributed by atoms with Gasteiger partial charge in [0.25, 0.3) is 7.82 Å². The van der Waals surface area contributed by atoms with Crippen molar-refractivity contribution in [2.75, 3.05) is 53.3 Å². The van der Waals surface area contributed by atoms with E-state index in [-0.39, 0.29) is 38.0 Å². The van der Waals surface area contributed by atoms with Crippen molar-refractivity contribution < 1.29 is 57.1 Å². The molecule has 0 aromatic heterocycles. The van der Waals surface area contributed by atoms with Crippen molar-refractivity contribution in [3.8, 4) is 0 Å². The molecular formula is C45H79N2O11PS. The third-order valence-corrected chi connectivity index (χ3v) is 11.4. The van der Waals surface area contributed by atoms with E-state index in [1.807, 2.05) is 45.4 Å². The number of allylic oxidation sites excluding steroid dienone is 9. The molecule has 0 aromatic rings. The molecule has 0 aliphatic heterocycles. The normalized spacial score (nSPS) is 15.6. The van der Waals surface area contributed by atoms with Crippen LogP contribution in [0.25, 0.3) is 0 Å². The van der Waals surface area contributed by atoms with Crippen LogP contribution < -0.4 is 10.6 Å². The highest BCUT2D eigenvalue weighted by Crippen LogP contribution is 2.38. The number of carboxylic acid groups (broad SMARTS) is 1. The standard InChI is InChI=1S/C45H79N2O11PS/c1-6-8-10-12-14-16-18-20-21-23-25-27-31-42(41(48)30-29-32-43(49)50)60-38-40(46)45(52)58-39(37-57-59(53,54)56-35-34-47(3,4)5)36-55-44(51)33-28-26-24-22-19-17-15-13-11-9-7-2/h13-16,20-21,23,25,27,31,39-42,48H,6-12,17-19,22,24,26,28-30,32-38,46H2,1-5H3,(H-,49,50,53,54)/b15-13-,16-14-,21-20-,25-23+,31-27+/t39-,40+,41+,42-/m1/s1. The second kappa shape index (κ2) is 37.0. The molecule has 0 fully saturated rings. The first-order valence-electron chi connectivity index (χ1n) is 21.9. The summed E-state index contributed by atoms with van der Waals surface area (Å²) in [5.41, 5.74) is 6.22. The predicted octanol–water partition coefficient (Wildman–Crippen LogP) is 8.37. The van der Waals surface area contributed by atoms with Crippen LogP contribution in [0.2, 0.25) is 0 Å². The van der Waals surface area contributed by atoms with E-state index in [1.54, 1.807) is 12.2 Å². The zero-order chi connectivity index (χ0) is 44.9. The Labute approximate surface area is 366 Å².